The lowest BCUT2D eigenvalue weighted by molar-refractivity contribution is -0.151. The predicted octanol–water partition coefficient (Wildman–Crippen LogP) is 1.74. The summed E-state index contributed by atoms with van der Waals surface area (Å²) < 4.78 is 11.0. The first-order valence-corrected chi connectivity index (χ1v) is 16.3. The molecule has 0 aliphatic carbocycles. The number of hydrogen-bond donors (Lipinski definition) is 2. The van der Waals surface area contributed by atoms with E-state index in [0.717, 1.165) is 12.8 Å². The highest BCUT2D eigenvalue weighted by Gasteiger charge is 2.36. The van der Waals surface area contributed by atoms with E-state index in [1.54, 1.807) is 48.0 Å². The first-order chi connectivity index (χ1) is 23.0. The number of benzene rings is 1. The zero-order valence-electron chi connectivity index (χ0n) is 27.7. The van der Waals surface area contributed by atoms with Gasteiger partial charge in [0.1, 0.15) is 23.5 Å². The SMILES string of the molecule is CCCCC1C(=O)N(C)CCN1C(=O)COc1cc(C(=O)NC(CCC(=O)O)C(=O)N2CCN(C(=O)OCC)CC2)nc2ccccc12. The van der Waals surface area contributed by atoms with E-state index >= 15 is 0 Å². The minimum Gasteiger partial charge on any atom is -0.483 e. The van der Waals surface area contributed by atoms with Crippen molar-refractivity contribution in [2.24, 2.45) is 0 Å². The topological polar surface area (TPSA) is 179 Å². The molecule has 2 atom stereocenters. The van der Waals surface area contributed by atoms with Crippen LogP contribution in [0.4, 0.5) is 4.79 Å². The fourth-order valence-corrected chi connectivity index (χ4v) is 5.79. The van der Waals surface area contributed by atoms with Gasteiger partial charge in [0.25, 0.3) is 11.8 Å². The Bertz CT molecular complexity index is 1510. The van der Waals surface area contributed by atoms with Crippen LogP contribution in [0.25, 0.3) is 10.9 Å². The van der Waals surface area contributed by atoms with Crippen LogP contribution in [-0.4, -0.2) is 137 Å². The molecule has 4 rings (SSSR count). The molecule has 1 aromatic carbocycles. The first-order valence-electron chi connectivity index (χ1n) is 16.3. The lowest BCUT2D eigenvalue weighted by Crippen LogP contribution is -2.58. The number of fused-ring (bicyclic) bond motifs is 1. The molecule has 2 N–H and O–H groups in total. The molecule has 15 nitrogen and oxygen atoms in total. The molecule has 48 heavy (non-hydrogen) atoms. The van der Waals surface area contributed by atoms with Gasteiger partial charge >= 0.3 is 12.1 Å². The van der Waals surface area contributed by atoms with E-state index in [1.165, 1.54) is 15.9 Å². The quantitative estimate of drug-likeness (QED) is 0.319. The van der Waals surface area contributed by atoms with E-state index in [9.17, 15) is 33.9 Å². The van der Waals surface area contributed by atoms with Gasteiger partial charge in [-0.3, -0.25) is 24.0 Å². The molecule has 2 unspecified atom stereocenters. The van der Waals surface area contributed by atoms with Crippen LogP contribution < -0.4 is 10.1 Å². The summed E-state index contributed by atoms with van der Waals surface area (Å²) in [5.41, 5.74) is 0.318. The van der Waals surface area contributed by atoms with Gasteiger partial charge in [-0.05, 0) is 31.9 Å². The summed E-state index contributed by atoms with van der Waals surface area (Å²) in [6.45, 7) is 5.23. The van der Waals surface area contributed by atoms with Crippen LogP contribution in [0.5, 0.6) is 5.75 Å². The molecule has 260 valence electrons. The van der Waals surface area contributed by atoms with Crippen molar-refractivity contribution >= 4 is 46.6 Å². The summed E-state index contributed by atoms with van der Waals surface area (Å²) >= 11 is 0. The summed E-state index contributed by atoms with van der Waals surface area (Å²) in [7, 11) is 1.72. The van der Waals surface area contributed by atoms with Crippen LogP contribution in [0.1, 0.15) is 56.4 Å². The maximum atomic E-state index is 13.6. The van der Waals surface area contributed by atoms with E-state index in [4.69, 9.17) is 9.47 Å². The van der Waals surface area contributed by atoms with Crippen molar-refractivity contribution < 1.29 is 43.3 Å². The molecule has 3 heterocycles. The van der Waals surface area contributed by atoms with Crippen molar-refractivity contribution in [3.63, 3.8) is 0 Å². The van der Waals surface area contributed by atoms with Crippen LogP contribution in [0, 0.1) is 0 Å². The second-order valence-electron chi connectivity index (χ2n) is 11.8. The fourth-order valence-electron chi connectivity index (χ4n) is 5.79. The minimum atomic E-state index is -1.17. The van der Waals surface area contributed by atoms with Crippen molar-refractivity contribution in [2.45, 2.75) is 58.0 Å². The van der Waals surface area contributed by atoms with Gasteiger partial charge < -0.3 is 39.5 Å². The number of aromatic nitrogens is 1. The number of para-hydroxylation sites is 1. The van der Waals surface area contributed by atoms with Crippen molar-refractivity contribution in [1.82, 2.24) is 29.9 Å². The number of carbonyl (C=O) groups excluding carboxylic acids is 5. The van der Waals surface area contributed by atoms with E-state index in [-0.39, 0.29) is 75.5 Å². The molecule has 2 saturated heterocycles. The number of likely N-dealkylation sites (N-methyl/N-ethyl adjacent to an activating group) is 1. The Hall–Kier alpha value is -4.95. The molecule has 5 amide bonds. The molecule has 15 heteroatoms. The second kappa shape index (κ2) is 16.7. The van der Waals surface area contributed by atoms with Gasteiger partial charge in [-0.25, -0.2) is 9.78 Å². The number of carbonyl (C=O) groups is 6. The number of pyridine rings is 1. The summed E-state index contributed by atoms with van der Waals surface area (Å²) in [5.74, 6) is -2.58. The highest BCUT2D eigenvalue weighted by atomic mass is 16.6. The van der Waals surface area contributed by atoms with Gasteiger partial charge in [0.15, 0.2) is 6.61 Å². The first kappa shape index (κ1) is 35.9. The number of nitrogens with zero attached hydrogens (tertiary/aromatic N) is 5. The Labute approximate surface area is 279 Å². The van der Waals surface area contributed by atoms with E-state index in [0.29, 0.717) is 30.4 Å². The Morgan fingerprint density at radius 3 is 2.42 bits per heavy atom. The van der Waals surface area contributed by atoms with Gasteiger partial charge in [0.2, 0.25) is 11.8 Å². The third-order valence-corrected chi connectivity index (χ3v) is 8.49. The van der Waals surface area contributed by atoms with Crippen molar-refractivity contribution in [2.75, 3.05) is 59.5 Å². The third kappa shape index (κ3) is 8.89. The minimum absolute atomic E-state index is 0.0907. The molecule has 0 bridgehead atoms. The Morgan fingerprint density at radius 1 is 1.02 bits per heavy atom. The lowest BCUT2D eigenvalue weighted by atomic mass is 10.0. The number of unbranched alkanes of at least 4 members (excludes halogenated alkanes) is 1. The number of nitrogens with one attached hydrogen (secondary N) is 1. The number of ether oxygens (including phenoxy) is 2. The molecule has 0 saturated carbocycles. The highest BCUT2D eigenvalue weighted by Crippen LogP contribution is 2.26. The maximum absolute atomic E-state index is 13.6. The Kier molecular flexibility index (Phi) is 12.5. The van der Waals surface area contributed by atoms with Crippen LogP contribution in [0.15, 0.2) is 30.3 Å². The van der Waals surface area contributed by atoms with Crippen molar-refractivity contribution in [3.05, 3.63) is 36.0 Å². The second-order valence-corrected chi connectivity index (χ2v) is 11.8. The van der Waals surface area contributed by atoms with Gasteiger partial charge in [0, 0.05) is 64.2 Å². The molecule has 2 aromatic rings. The molecular weight excluding hydrogens is 624 g/mol. The average Bonchev–Trinajstić information content (AvgIpc) is 3.09. The molecule has 0 radical (unpaired) electrons. The largest absolute Gasteiger partial charge is 0.483 e. The number of rotatable bonds is 13. The molecule has 0 spiro atoms. The summed E-state index contributed by atoms with van der Waals surface area (Å²) in [4.78, 5) is 87.3. The Morgan fingerprint density at radius 2 is 1.73 bits per heavy atom. The molecule has 2 aliphatic heterocycles. The van der Waals surface area contributed by atoms with Gasteiger partial charge in [-0.1, -0.05) is 31.9 Å². The van der Waals surface area contributed by atoms with Gasteiger partial charge in [0.05, 0.1) is 12.1 Å². The number of piperazine rings is 2. The fraction of sp³-hybridized carbons (Fsp3) is 0.545. The summed E-state index contributed by atoms with van der Waals surface area (Å²) in [6, 6.07) is 6.56. The molecule has 2 aliphatic rings. The van der Waals surface area contributed by atoms with Crippen molar-refractivity contribution in [1.29, 1.82) is 0 Å². The smallest absolute Gasteiger partial charge is 0.409 e. The molecular formula is C33H44N6O9. The Balaban J connectivity index is 1.50. The zero-order chi connectivity index (χ0) is 34.8. The lowest BCUT2D eigenvalue weighted by Gasteiger charge is -2.39. The summed E-state index contributed by atoms with van der Waals surface area (Å²) in [6.07, 6.45) is 1.23. The standard InChI is InChI=1S/C33H44N6O9/c1-4-6-11-26-32(45)36(3)14-19-39(26)28(40)21-48-27-20-25(34-23-10-8-7-9-22(23)27)30(43)35-24(12-13-29(41)42)31(44)37-15-17-38(18-16-37)33(46)47-5-2/h7-10,20,24,26H,4-6,11-19,21H2,1-3H3,(H,35,43)(H,41,42). The van der Waals surface area contributed by atoms with Gasteiger partial charge in [-0.2, -0.15) is 0 Å². The third-order valence-electron chi connectivity index (χ3n) is 8.49. The van der Waals surface area contributed by atoms with Crippen LogP contribution in [-0.2, 0) is 23.9 Å². The number of carboxylic acid groups (broad SMARTS) is 1. The normalized spacial score (nSPS) is 17.2. The number of hydrogen-bond acceptors (Lipinski definition) is 9. The zero-order valence-corrected chi connectivity index (χ0v) is 27.7. The molecule has 2 fully saturated rings. The maximum Gasteiger partial charge on any atom is 0.409 e. The van der Waals surface area contributed by atoms with Gasteiger partial charge in [-0.15, -0.1) is 0 Å². The van der Waals surface area contributed by atoms with E-state index in [2.05, 4.69) is 10.3 Å². The van der Waals surface area contributed by atoms with Crippen LogP contribution in [0.3, 0.4) is 0 Å². The summed E-state index contributed by atoms with van der Waals surface area (Å²) in [5, 5.41) is 12.5. The average molecular weight is 669 g/mol. The van der Waals surface area contributed by atoms with Crippen molar-refractivity contribution in [3.8, 4) is 5.75 Å². The highest BCUT2D eigenvalue weighted by molar-refractivity contribution is 5.99. The number of amides is 5. The predicted molar refractivity (Wildman–Crippen MR) is 173 cm³/mol. The number of carboxylic acids is 1. The van der Waals surface area contributed by atoms with E-state index < -0.39 is 36.0 Å². The number of aliphatic carboxylic acids is 1. The van der Waals surface area contributed by atoms with Crippen LogP contribution in [0.2, 0.25) is 0 Å². The van der Waals surface area contributed by atoms with E-state index in [1.807, 2.05) is 6.92 Å². The molecule has 1 aromatic heterocycles. The van der Waals surface area contributed by atoms with Crippen LogP contribution >= 0.6 is 0 Å². The monoisotopic (exact) mass is 668 g/mol.